The van der Waals surface area contributed by atoms with E-state index in [1.54, 1.807) is 6.08 Å². The minimum absolute atomic E-state index is 0.294. The maximum Gasteiger partial charge on any atom is 0.320 e. The van der Waals surface area contributed by atoms with Crippen LogP contribution in [-0.2, 0) is 4.57 Å². The van der Waals surface area contributed by atoms with Gasteiger partial charge in [-0.2, -0.15) is 0 Å². The zero-order valence-corrected chi connectivity index (χ0v) is 9.77. The summed E-state index contributed by atoms with van der Waals surface area (Å²) in [5, 5.41) is 2.59. The molecular weight excluding hydrogens is 240 g/mol. The van der Waals surface area contributed by atoms with E-state index in [1.165, 1.54) is 0 Å². The highest BCUT2D eigenvalue weighted by Crippen LogP contribution is 2.54. The van der Waals surface area contributed by atoms with Gasteiger partial charge < -0.3 is 0 Å². The van der Waals surface area contributed by atoms with Gasteiger partial charge in [0.1, 0.15) is 0 Å². The number of benzene rings is 1. The molecule has 1 N–H and O–H groups in total. The van der Waals surface area contributed by atoms with Crippen LogP contribution in [0.5, 0.6) is 0 Å². The molecule has 1 rings (SSSR count). The molecule has 1 unspecified atom stereocenters. The van der Waals surface area contributed by atoms with Crippen molar-refractivity contribution in [2.75, 3.05) is 0 Å². The van der Waals surface area contributed by atoms with E-state index < -0.39 is 6.00 Å². The van der Waals surface area contributed by atoms with E-state index in [2.05, 4.69) is 11.7 Å². The average Bonchev–Trinajstić information content (AvgIpc) is 2.14. The van der Waals surface area contributed by atoms with Crippen molar-refractivity contribution in [2.45, 2.75) is 6.04 Å². The number of hydrogen-bond donors (Lipinski definition) is 1. The fourth-order valence-electron chi connectivity index (χ4n) is 1.09. The molecule has 0 radical (unpaired) electrons. The van der Waals surface area contributed by atoms with Crippen LogP contribution >= 0.6 is 28.5 Å². The maximum atomic E-state index is 11.1. The monoisotopic (exact) mass is 249 g/mol. The predicted molar refractivity (Wildman–Crippen MR) is 61.8 cm³/mol. The molecule has 0 spiro atoms. The van der Waals surface area contributed by atoms with Gasteiger partial charge in [-0.05, 0) is 28.0 Å². The van der Waals surface area contributed by atoms with Gasteiger partial charge >= 0.3 is 6.00 Å². The standard InChI is InChI=1S/C9H10Cl2NOP/c1-2-9(12-14(10,11)13)8-6-4-3-5-7-8/h2-7,9H,1H2,(H,12,13). The van der Waals surface area contributed by atoms with Crippen LogP contribution in [0.4, 0.5) is 0 Å². The van der Waals surface area contributed by atoms with Gasteiger partial charge in [0.2, 0.25) is 0 Å². The van der Waals surface area contributed by atoms with Crippen molar-refractivity contribution in [1.82, 2.24) is 5.09 Å². The summed E-state index contributed by atoms with van der Waals surface area (Å²) in [6.45, 7) is 3.62. The average molecular weight is 250 g/mol. The molecule has 0 bridgehead atoms. The first-order valence-corrected chi connectivity index (χ1v) is 7.49. The van der Waals surface area contributed by atoms with Crippen LogP contribution in [0, 0.1) is 0 Å². The van der Waals surface area contributed by atoms with Crippen LogP contribution < -0.4 is 5.09 Å². The van der Waals surface area contributed by atoms with E-state index in [0.717, 1.165) is 5.56 Å². The van der Waals surface area contributed by atoms with E-state index in [4.69, 9.17) is 22.5 Å². The molecule has 0 aromatic heterocycles. The number of rotatable bonds is 4. The number of nitrogens with one attached hydrogen (secondary N) is 1. The lowest BCUT2D eigenvalue weighted by molar-refractivity contribution is 0.580. The summed E-state index contributed by atoms with van der Waals surface area (Å²) in [7, 11) is 0. The van der Waals surface area contributed by atoms with Crippen molar-refractivity contribution < 1.29 is 4.57 Å². The Kier molecular flexibility index (Phi) is 4.21. The maximum absolute atomic E-state index is 11.1. The molecule has 76 valence electrons. The zero-order chi connectivity index (χ0) is 10.6. The largest absolute Gasteiger partial charge is 0.320 e. The van der Waals surface area contributed by atoms with Crippen LogP contribution in [-0.4, -0.2) is 0 Å². The minimum atomic E-state index is -3.28. The second-order valence-electron chi connectivity index (χ2n) is 2.72. The fourth-order valence-corrected chi connectivity index (χ4v) is 2.29. The predicted octanol–water partition coefficient (Wildman–Crippen LogP) is 4.09. The van der Waals surface area contributed by atoms with Crippen molar-refractivity contribution in [2.24, 2.45) is 0 Å². The van der Waals surface area contributed by atoms with Gasteiger partial charge in [-0.15, -0.1) is 6.58 Å². The molecule has 14 heavy (non-hydrogen) atoms. The van der Waals surface area contributed by atoms with Crippen LogP contribution in [0.1, 0.15) is 11.6 Å². The summed E-state index contributed by atoms with van der Waals surface area (Å²) in [4.78, 5) is 0. The Bertz CT molecular complexity index is 349. The molecule has 0 amide bonds. The zero-order valence-electron chi connectivity index (χ0n) is 7.36. The molecule has 0 saturated heterocycles. The Morgan fingerprint density at radius 2 is 1.93 bits per heavy atom. The molecule has 0 fully saturated rings. The van der Waals surface area contributed by atoms with Crippen LogP contribution in [0.15, 0.2) is 43.0 Å². The van der Waals surface area contributed by atoms with E-state index in [1.807, 2.05) is 30.3 Å². The molecule has 0 aliphatic rings. The van der Waals surface area contributed by atoms with Gasteiger partial charge in [0.05, 0.1) is 6.04 Å². The van der Waals surface area contributed by atoms with E-state index in [0.29, 0.717) is 0 Å². The van der Waals surface area contributed by atoms with Crippen molar-refractivity contribution in [1.29, 1.82) is 0 Å². The van der Waals surface area contributed by atoms with E-state index in [9.17, 15) is 4.57 Å². The molecule has 1 aromatic carbocycles. The number of hydrogen-bond acceptors (Lipinski definition) is 1. The lowest BCUT2D eigenvalue weighted by Gasteiger charge is -2.15. The minimum Gasteiger partial charge on any atom is -0.271 e. The normalized spacial score (nSPS) is 13.6. The van der Waals surface area contributed by atoms with E-state index >= 15 is 0 Å². The summed E-state index contributed by atoms with van der Waals surface area (Å²) < 4.78 is 11.1. The highest BCUT2D eigenvalue weighted by Gasteiger charge is 2.18. The van der Waals surface area contributed by atoms with E-state index in [-0.39, 0.29) is 6.04 Å². The SMILES string of the molecule is C=CC(NP(=O)(Cl)Cl)c1ccccc1. The number of halogens is 2. The van der Waals surface area contributed by atoms with Crippen molar-refractivity contribution in [3.63, 3.8) is 0 Å². The molecule has 5 heteroatoms. The first kappa shape index (κ1) is 11.8. The summed E-state index contributed by atoms with van der Waals surface area (Å²) in [6.07, 6.45) is 1.60. The Morgan fingerprint density at radius 1 is 1.36 bits per heavy atom. The van der Waals surface area contributed by atoms with Gasteiger partial charge in [-0.3, -0.25) is 4.57 Å². The van der Waals surface area contributed by atoms with Crippen LogP contribution in [0.25, 0.3) is 0 Å². The smallest absolute Gasteiger partial charge is 0.271 e. The lowest BCUT2D eigenvalue weighted by Crippen LogP contribution is -2.11. The molecule has 2 nitrogen and oxygen atoms in total. The fraction of sp³-hybridized carbons (Fsp3) is 0.111. The van der Waals surface area contributed by atoms with Gasteiger partial charge in [0.15, 0.2) is 0 Å². The van der Waals surface area contributed by atoms with Crippen molar-refractivity contribution in [3.05, 3.63) is 48.6 Å². The van der Waals surface area contributed by atoms with Crippen LogP contribution in [0.2, 0.25) is 0 Å². The summed E-state index contributed by atoms with van der Waals surface area (Å²) in [5.41, 5.74) is 0.920. The molecule has 0 heterocycles. The summed E-state index contributed by atoms with van der Waals surface area (Å²) >= 11 is 10.8. The van der Waals surface area contributed by atoms with Gasteiger partial charge in [0.25, 0.3) is 0 Å². The topological polar surface area (TPSA) is 29.1 Å². The van der Waals surface area contributed by atoms with Crippen molar-refractivity contribution in [3.8, 4) is 0 Å². The lowest BCUT2D eigenvalue weighted by atomic mass is 10.1. The molecule has 1 aromatic rings. The molecule has 0 aliphatic carbocycles. The Balaban J connectivity index is 2.84. The second kappa shape index (κ2) is 4.99. The molecule has 1 atom stereocenters. The third-order valence-electron chi connectivity index (χ3n) is 1.68. The molecule has 0 saturated carbocycles. The quantitative estimate of drug-likeness (QED) is 0.644. The third-order valence-corrected chi connectivity index (χ3v) is 2.85. The van der Waals surface area contributed by atoms with Gasteiger partial charge in [0, 0.05) is 0 Å². The van der Waals surface area contributed by atoms with Gasteiger partial charge in [-0.1, -0.05) is 36.4 Å². The highest BCUT2D eigenvalue weighted by atomic mass is 35.9. The first-order chi connectivity index (χ1) is 6.53. The first-order valence-electron chi connectivity index (χ1n) is 3.97. The highest BCUT2D eigenvalue weighted by molar-refractivity contribution is 8.07. The third kappa shape index (κ3) is 3.85. The Morgan fingerprint density at radius 3 is 2.36 bits per heavy atom. The summed E-state index contributed by atoms with van der Waals surface area (Å²) in [6, 6.07) is 9.11. The van der Waals surface area contributed by atoms with Gasteiger partial charge in [-0.25, -0.2) is 5.09 Å². The summed E-state index contributed by atoms with van der Waals surface area (Å²) in [5.74, 6) is -3.28. The van der Waals surface area contributed by atoms with Crippen molar-refractivity contribution >= 4 is 28.5 Å². The molecule has 0 aliphatic heterocycles. The Hall–Kier alpha value is -0.270. The Labute approximate surface area is 92.9 Å². The van der Waals surface area contributed by atoms with Crippen LogP contribution in [0.3, 0.4) is 0 Å². The molecular formula is C9H10Cl2NOP. The second-order valence-corrected chi connectivity index (χ2v) is 7.27.